The van der Waals surface area contributed by atoms with Gasteiger partial charge in [-0.15, -0.1) is 0 Å². The smallest absolute Gasteiger partial charge is 0.254 e. The van der Waals surface area contributed by atoms with Crippen LogP contribution in [0.2, 0.25) is 0 Å². The number of hydrogen-bond donors (Lipinski definition) is 1. The van der Waals surface area contributed by atoms with Gasteiger partial charge >= 0.3 is 0 Å². The molecular weight excluding hydrogens is 332 g/mol. The molecule has 1 aromatic carbocycles. The Morgan fingerprint density at radius 2 is 1.88 bits per heavy atom. The summed E-state index contributed by atoms with van der Waals surface area (Å²) in [7, 11) is 0. The first-order valence-corrected chi connectivity index (χ1v) is 9.57. The van der Waals surface area contributed by atoms with Gasteiger partial charge in [0.25, 0.3) is 5.91 Å². The summed E-state index contributed by atoms with van der Waals surface area (Å²) in [5.74, 6) is 0.651. The Labute approximate surface area is 154 Å². The van der Waals surface area contributed by atoms with Gasteiger partial charge in [0.2, 0.25) is 5.91 Å². The number of hydrogen-bond acceptors (Lipinski definition) is 4. The van der Waals surface area contributed by atoms with Crippen LogP contribution in [0.15, 0.2) is 24.3 Å². The Hall–Kier alpha value is -2.08. The molecular formula is C20H28N2O4. The lowest BCUT2D eigenvalue weighted by molar-refractivity contribution is -0.146. The molecule has 1 N–H and O–H groups in total. The molecule has 2 heterocycles. The molecule has 26 heavy (non-hydrogen) atoms. The van der Waals surface area contributed by atoms with Crippen molar-refractivity contribution in [3.63, 3.8) is 0 Å². The van der Waals surface area contributed by atoms with Crippen molar-refractivity contribution in [1.82, 2.24) is 9.80 Å². The number of likely N-dealkylation sites (tertiary alicyclic amines) is 2. The lowest BCUT2D eigenvalue weighted by atomic mass is 9.85. The minimum Gasteiger partial charge on any atom is -0.494 e. The number of carbonyl (C=O) groups is 2. The van der Waals surface area contributed by atoms with Gasteiger partial charge in [0.15, 0.2) is 0 Å². The van der Waals surface area contributed by atoms with Gasteiger partial charge in [0.05, 0.1) is 13.2 Å². The zero-order chi connectivity index (χ0) is 18.6. The Kier molecular flexibility index (Phi) is 5.81. The predicted octanol–water partition coefficient (Wildman–Crippen LogP) is 2.06. The van der Waals surface area contributed by atoms with Crippen molar-refractivity contribution in [1.29, 1.82) is 0 Å². The number of aliphatic hydroxyl groups is 1. The molecule has 0 saturated carbocycles. The zero-order valence-corrected chi connectivity index (χ0v) is 15.4. The highest BCUT2D eigenvalue weighted by Gasteiger charge is 2.52. The molecule has 2 aliphatic heterocycles. The second-order valence-electron chi connectivity index (χ2n) is 7.08. The summed E-state index contributed by atoms with van der Waals surface area (Å²) in [6.45, 7) is 4.25. The number of ether oxygens (including phenoxy) is 1. The number of rotatable bonds is 6. The van der Waals surface area contributed by atoms with Crippen LogP contribution in [0.25, 0.3) is 0 Å². The minimum atomic E-state index is -0.734. The van der Waals surface area contributed by atoms with Gasteiger partial charge in [-0.05, 0) is 56.4 Å². The third-order valence-corrected chi connectivity index (χ3v) is 5.38. The van der Waals surface area contributed by atoms with Crippen LogP contribution in [0.4, 0.5) is 0 Å². The van der Waals surface area contributed by atoms with Gasteiger partial charge in [-0.3, -0.25) is 9.59 Å². The maximum Gasteiger partial charge on any atom is 0.254 e. The molecule has 3 rings (SSSR count). The average molecular weight is 360 g/mol. The van der Waals surface area contributed by atoms with E-state index in [0.717, 1.165) is 25.0 Å². The number of nitrogens with zero attached hydrogens (tertiary/aromatic N) is 2. The second kappa shape index (κ2) is 8.08. The highest BCUT2D eigenvalue weighted by atomic mass is 16.5. The van der Waals surface area contributed by atoms with Gasteiger partial charge < -0.3 is 19.6 Å². The molecule has 6 heteroatoms. The Morgan fingerprint density at radius 1 is 1.19 bits per heavy atom. The number of piperidine rings is 1. The third kappa shape index (κ3) is 3.43. The Balaban J connectivity index is 1.78. The first kappa shape index (κ1) is 18.7. The predicted molar refractivity (Wildman–Crippen MR) is 98.1 cm³/mol. The van der Waals surface area contributed by atoms with Crippen molar-refractivity contribution in [2.75, 3.05) is 32.8 Å². The molecule has 142 valence electrons. The first-order chi connectivity index (χ1) is 12.6. The molecule has 0 aliphatic carbocycles. The molecule has 2 fully saturated rings. The van der Waals surface area contributed by atoms with E-state index in [0.29, 0.717) is 44.6 Å². The van der Waals surface area contributed by atoms with Gasteiger partial charge in [0.1, 0.15) is 11.3 Å². The molecule has 0 bridgehead atoms. The Morgan fingerprint density at radius 3 is 2.54 bits per heavy atom. The van der Waals surface area contributed by atoms with E-state index in [1.165, 1.54) is 0 Å². The van der Waals surface area contributed by atoms with Gasteiger partial charge in [-0.25, -0.2) is 0 Å². The normalized spacial score (nSPS) is 22.9. The van der Waals surface area contributed by atoms with E-state index in [2.05, 4.69) is 0 Å². The quantitative estimate of drug-likeness (QED) is 0.843. The van der Waals surface area contributed by atoms with Crippen molar-refractivity contribution in [2.45, 2.75) is 44.6 Å². The highest BCUT2D eigenvalue weighted by molar-refractivity contribution is 6.00. The van der Waals surface area contributed by atoms with Crippen LogP contribution in [0.1, 0.15) is 49.4 Å². The van der Waals surface area contributed by atoms with Crippen molar-refractivity contribution < 1.29 is 19.4 Å². The largest absolute Gasteiger partial charge is 0.494 e. The summed E-state index contributed by atoms with van der Waals surface area (Å²) < 4.78 is 5.57. The minimum absolute atomic E-state index is 0.00782. The average Bonchev–Trinajstić information content (AvgIpc) is 3.08. The van der Waals surface area contributed by atoms with Gasteiger partial charge in [-0.2, -0.15) is 0 Å². The maximum absolute atomic E-state index is 13.1. The number of benzene rings is 1. The standard InChI is InChI=1S/C20H28N2O4/c1-2-15-26-17-7-5-16(6-8-17)18(24)22-12-4-10-20(22)9-3-11-21(13-14-23)19(20)25/h5-8,23H,2-4,9-15H2,1H3. The van der Waals surface area contributed by atoms with Crippen LogP contribution in [0, 0.1) is 0 Å². The zero-order valence-electron chi connectivity index (χ0n) is 15.4. The van der Waals surface area contributed by atoms with E-state index >= 15 is 0 Å². The van der Waals surface area contributed by atoms with E-state index in [4.69, 9.17) is 4.74 Å². The number of carbonyl (C=O) groups excluding carboxylic acids is 2. The molecule has 6 nitrogen and oxygen atoms in total. The number of amides is 2. The van der Waals surface area contributed by atoms with Crippen LogP contribution in [-0.4, -0.2) is 65.1 Å². The third-order valence-electron chi connectivity index (χ3n) is 5.38. The van der Waals surface area contributed by atoms with Crippen LogP contribution in [-0.2, 0) is 4.79 Å². The van der Waals surface area contributed by atoms with Crippen LogP contribution in [0.3, 0.4) is 0 Å². The van der Waals surface area contributed by atoms with Crippen LogP contribution in [0.5, 0.6) is 5.75 Å². The number of aliphatic hydroxyl groups excluding tert-OH is 1. The summed E-state index contributed by atoms with van der Waals surface area (Å²) in [6, 6.07) is 7.18. The van der Waals surface area contributed by atoms with E-state index in [1.54, 1.807) is 21.9 Å². The molecule has 0 aromatic heterocycles. The molecule has 1 aromatic rings. The number of β-amino-alcohol motifs (C(OH)–C–C–N with tert-alkyl or cyclic N) is 1. The van der Waals surface area contributed by atoms with E-state index in [1.807, 2.05) is 19.1 Å². The fourth-order valence-corrected chi connectivity index (χ4v) is 4.13. The molecule has 2 aliphatic rings. The van der Waals surface area contributed by atoms with Crippen molar-refractivity contribution >= 4 is 11.8 Å². The second-order valence-corrected chi connectivity index (χ2v) is 7.08. The molecule has 0 radical (unpaired) electrons. The van der Waals surface area contributed by atoms with Crippen LogP contribution >= 0.6 is 0 Å². The monoisotopic (exact) mass is 360 g/mol. The summed E-state index contributed by atoms with van der Waals surface area (Å²) in [5.41, 5.74) is -0.149. The van der Waals surface area contributed by atoms with Gasteiger partial charge in [-0.1, -0.05) is 6.92 Å². The molecule has 1 unspecified atom stereocenters. The van der Waals surface area contributed by atoms with E-state index < -0.39 is 5.54 Å². The topological polar surface area (TPSA) is 70.1 Å². The molecule has 1 spiro atoms. The fraction of sp³-hybridized carbons (Fsp3) is 0.600. The van der Waals surface area contributed by atoms with Crippen molar-refractivity contribution in [2.24, 2.45) is 0 Å². The van der Waals surface area contributed by atoms with Gasteiger partial charge in [0, 0.05) is 25.2 Å². The molecule has 2 amide bonds. The van der Waals surface area contributed by atoms with Crippen molar-refractivity contribution in [3.8, 4) is 5.75 Å². The summed E-state index contributed by atoms with van der Waals surface area (Å²) in [4.78, 5) is 29.6. The first-order valence-electron chi connectivity index (χ1n) is 9.57. The lowest BCUT2D eigenvalue weighted by Gasteiger charge is -2.44. The van der Waals surface area contributed by atoms with E-state index in [9.17, 15) is 14.7 Å². The SMILES string of the molecule is CCCOc1ccc(C(=O)N2CCCC23CCCN(CCO)C3=O)cc1. The highest BCUT2D eigenvalue weighted by Crippen LogP contribution is 2.39. The van der Waals surface area contributed by atoms with Crippen molar-refractivity contribution in [3.05, 3.63) is 29.8 Å². The van der Waals surface area contributed by atoms with Crippen LogP contribution < -0.4 is 4.74 Å². The molecule has 1 atom stereocenters. The Bertz CT molecular complexity index is 644. The summed E-state index contributed by atoms with van der Waals surface area (Å²) in [6.07, 6.45) is 4.04. The lowest BCUT2D eigenvalue weighted by Crippen LogP contribution is -2.61. The fourth-order valence-electron chi connectivity index (χ4n) is 4.13. The maximum atomic E-state index is 13.1. The summed E-state index contributed by atoms with van der Waals surface area (Å²) >= 11 is 0. The van der Waals surface area contributed by atoms with E-state index in [-0.39, 0.29) is 18.4 Å². The molecule has 2 saturated heterocycles. The summed E-state index contributed by atoms with van der Waals surface area (Å²) in [5, 5.41) is 9.22.